The van der Waals surface area contributed by atoms with E-state index in [1.54, 1.807) is 0 Å². The molecule has 33 heavy (non-hydrogen) atoms. The molecule has 0 aliphatic heterocycles. The summed E-state index contributed by atoms with van der Waals surface area (Å²) in [5, 5.41) is 0. The van der Waals surface area contributed by atoms with E-state index in [4.69, 9.17) is 0 Å². The van der Waals surface area contributed by atoms with Crippen LogP contribution in [0.3, 0.4) is 0 Å². The van der Waals surface area contributed by atoms with Gasteiger partial charge in [-0.3, -0.25) is 0 Å². The molecular weight excluding hydrogens is 410 g/mol. The zero-order chi connectivity index (χ0) is 23.2. The minimum Gasteiger partial charge on any atom is -0.205 e. The molecule has 0 spiro atoms. The van der Waals surface area contributed by atoms with Gasteiger partial charge in [0, 0.05) is 16.7 Å². The summed E-state index contributed by atoms with van der Waals surface area (Å²) in [7, 11) is 0. The van der Waals surface area contributed by atoms with Gasteiger partial charge in [0.2, 0.25) is 0 Å². The van der Waals surface area contributed by atoms with Crippen LogP contribution in [0.15, 0.2) is 60.7 Å². The smallest absolute Gasteiger partial charge is 0.143 e. The Kier molecular flexibility index (Phi) is 7.26. The van der Waals surface area contributed by atoms with Gasteiger partial charge in [-0.05, 0) is 80.0 Å². The fourth-order valence-corrected chi connectivity index (χ4v) is 4.27. The third kappa shape index (κ3) is 6.34. The third-order valence-electron chi connectivity index (χ3n) is 6.39. The van der Waals surface area contributed by atoms with Gasteiger partial charge in [0.15, 0.2) is 0 Å². The first kappa shape index (κ1) is 22.8. The maximum Gasteiger partial charge on any atom is 0.143 e. The lowest BCUT2D eigenvalue weighted by Crippen LogP contribution is -2.14. The van der Waals surface area contributed by atoms with Crippen LogP contribution in [0.2, 0.25) is 0 Å². The highest BCUT2D eigenvalue weighted by Gasteiger charge is 2.18. The van der Waals surface area contributed by atoms with E-state index >= 15 is 0 Å². The number of aryl methyl sites for hydroxylation is 1. The van der Waals surface area contributed by atoms with Crippen LogP contribution in [-0.4, -0.2) is 0 Å². The van der Waals surface area contributed by atoms with Gasteiger partial charge in [-0.2, -0.15) is 0 Å². The fraction of sp³-hybridized carbons (Fsp3) is 0.290. The van der Waals surface area contributed by atoms with Crippen LogP contribution in [0, 0.1) is 54.1 Å². The summed E-state index contributed by atoms with van der Waals surface area (Å²) in [5.74, 6) is 11.6. The largest absolute Gasteiger partial charge is 0.205 e. The Balaban J connectivity index is 1.43. The van der Waals surface area contributed by atoms with Crippen molar-refractivity contribution < 1.29 is 8.78 Å². The Morgan fingerprint density at radius 1 is 0.697 bits per heavy atom. The molecule has 0 amide bonds. The molecule has 0 aromatic heterocycles. The Labute approximate surface area is 196 Å². The lowest BCUT2D eigenvalue weighted by Gasteiger charge is -2.26. The summed E-state index contributed by atoms with van der Waals surface area (Å²) in [6, 6.07) is 18.2. The second-order valence-electron chi connectivity index (χ2n) is 9.21. The van der Waals surface area contributed by atoms with Crippen molar-refractivity contribution in [1.82, 2.24) is 0 Å². The first-order valence-corrected chi connectivity index (χ1v) is 11.6. The van der Waals surface area contributed by atoms with E-state index in [0.29, 0.717) is 11.1 Å². The quantitative estimate of drug-likeness (QED) is 0.365. The van der Waals surface area contributed by atoms with E-state index in [-0.39, 0.29) is 5.56 Å². The molecule has 0 heterocycles. The molecule has 3 aromatic rings. The molecule has 3 aromatic carbocycles. The van der Waals surface area contributed by atoms with Crippen LogP contribution in [-0.2, 0) is 6.42 Å². The predicted octanol–water partition coefficient (Wildman–Crippen LogP) is 7.44. The molecule has 1 fully saturated rings. The molecule has 2 heteroatoms. The molecule has 0 N–H and O–H groups in total. The summed E-state index contributed by atoms with van der Waals surface area (Å²) in [4.78, 5) is 0. The van der Waals surface area contributed by atoms with Crippen LogP contribution in [0.1, 0.15) is 66.0 Å². The SMILES string of the molecule is Cc1ccc(C#Cc2c(F)cc(C#Cc3ccc(CC4CCC(C)CC4)cc3)cc2F)cc1. The summed E-state index contributed by atoms with van der Waals surface area (Å²) in [6.45, 7) is 4.32. The molecule has 0 nitrogen and oxygen atoms in total. The number of hydrogen-bond acceptors (Lipinski definition) is 0. The van der Waals surface area contributed by atoms with Crippen molar-refractivity contribution in [2.75, 3.05) is 0 Å². The minimum atomic E-state index is -0.698. The number of benzene rings is 3. The van der Waals surface area contributed by atoms with Gasteiger partial charge in [-0.25, -0.2) is 8.78 Å². The molecule has 0 atom stereocenters. The van der Waals surface area contributed by atoms with Gasteiger partial charge in [-0.1, -0.05) is 73.3 Å². The third-order valence-corrected chi connectivity index (χ3v) is 6.39. The van der Waals surface area contributed by atoms with Crippen molar-refractivity contribution in [1.29, 1.82) is 0 Å². The molecule has 0 bridgehead atoms. The zero-order valence-corrected chi connectivity index (χ0v) is 19.2. The van der Waals surface area contributed by atoms with Crippen molar-refractivity contribution >= 4 is 0 Å². The molecule has 1 aliphatic rings. The van der Waals surface area contributed by atoms with Crippen molar-refractivity contribution in [3.63, 3.8) is 0 Å². The highest BCUT2D eigenvalue weighted by molar-refractivity contribution is 5.49. The van der Waals surface area contributed by atoms with E-state index in [1.807, 2.05) is 43.3 Å². The maximum atomic E-state index is 14.5. The molecule has 0 unspecified atom stereocenters. The summed E-state index contributed by atoms with van der Waals surface area (Å²) < 4.78 is 29.0. The molecular formula is C31H28F2. The van der Waals surface area contributed by atoms with Gasteiger partial charge in [-0.15, -0.1) is 0 Å². The van der Waals surface area contributed by atoms with Crippen molar-refractivity contribution in [3.05, 3.63) is 106 Å². The highest BCUT2D eigenvalue weighted by Crippen LogP contribution is 2.30. The molecule has 1 saturated carbocycles. The average molecular weight is 439 g/mol. The second-order valence-corrected chi connectivity index (χ2v) is 9.21. The number of hydrogen-bond donors (Lipinski definition) is 0. The Bertz CT molecular complexity index is 1200. The molecule has 0 radical (unpaired) electrons. The van der Waals surface area contributed by atoms with Crippen LogP contribution in [0.4, 0.5) is 8.78 Å². The van der Waals surface area contributed by atoms with Crippen LogP contribution < -0.4 is 0 Å². The first-order chi connectivity index (χ1) is 16.0. The van der Waals surface area contributed by atoms with E-state index in [9.17, 15) is 8.78 Å². The van der Waals surface area contributed by atoms with E-state index in [0.717, 1.165) is 29.4 Å². The topological polar surface area (TPSA) is 0 Å². The van der Waals surface area contributed by atoms with Gasteiger partial charge >= 0.3 is 0 Å². The monoisotopic (exact) mass is 438 g/mol. The Hall–Kier alpha value is -3.36. The van der Waals surface area contributed by atoms with Crippen molar-refractivity contribution in [3.8, 4) is 23.7 Å². The fourth-order valence-electron chi connectivity index (χ4n) is 4.27. The number of rotatable bonds is 2. The Morgan fingerprint density at radius 3 is 1.82 bits per heavy atom. The summed E-state index contributed by atoms with van der Waals surface area (Å²) in [5.41, 5.74) is 4.04. The van der Waals surface area contributed by atoms with E-state index in [1.165, 1.54) is 43.4 Å². The lowest BCUT2D eigenvalue weighted by atomic mass is 9.80. The highest BCUT2D eigenvalue weighted by atomic mass is 19.1. The minimum absolute atomic E-state index is 0.234. The molecule has 4 rings (SSSR count). The van der Waals surface area contributed by atoms with Gasteiger partial charge in [0.05, 0.1) is 5.56 Å². The number of halogens is 2. The summed E-state index contributed by atoms with van der Waals surface area (Å²) in [6.07, 6.45) is 6.40. The van der Waals surface area contributed by atoms with Gasteiger partial charge < -0.3 is 0 Å². The second kappa shape index (κ2) is 10.5. The maximum absolute atomic E-state index is 14.5. The molecule has 0 saturated heterocycles. The molecule has 1 aliphatic carbocycles. The van der Waals surface area contributed by atoms with Crippen LogP contribution in [0.25, 0.3) is 0 Å². The van der Waals surface area contributed by atoms with Crippen LogP contribution >= 0.6 is 0 Å². The van der Waals surface area contributed by atoms with Crippen molar-refractivity contribution in [2.24, 2.45) is 11.8 Å². The van der Waals surface area contributed by atoms with Crippen molar-refractivity contribution in [2.45, 2.75) is 46.0 Å². The summed E-state index contributed by atoms with van der Waals surface area (Å²) >= 11 is 0. The van der Waals surface area contributed by atoms with E-state index < -0.39 is 11.6 Å². The zero-order valence-electron chi connectivity index (χ0n) is 19.2. The standard InChI is InChI=1S/C31H28F2/c1-22-3-7-24(8-4-22)17-18-29-30(32)20-28(21-31(29)33)16-13-25-11-14-27(15-12-25)19-26-9-5-23(2)6-10-26/h3-4,7-8,11-12,14-15,20-21,23,26H,5-6,9-10,19H2,1-2H3. The Morgan fingerprint density at radius 2 is 1.21 bits per heavy atom. The molecule has 166 valence electrons. The lowest BCUT2D eigenvalue weighted by molar-refractivity contribution is 0.289. The average Bonchev–Trinajstić information content (AvgIpc) is 2.81. The first-order valence-electron chi connectivity index (χ1n) is 11.6. The van der Waals surface area contributed by atoms with E-state index in [2.05, 4.69) is 42.7 Å². The van der Waals surface area contributed by atoms with Gasteiger partial charge in [0.1, 0.15) is 11.6 Å². The normalized spacial score (nSPS) is 17.5. The van der Waals surface area contributed by atoms with Crippen LogP contribution in [0.5, 0.6) is 0 Å². The predicted molar refractivity (Wildman–Crippen MR) is 131 cm³/mol. The van der Waals surface area contributed by atoms with Gasteiger partial charge in [0.25, 0.3) is 0 Å².